The fraction of sp³-hybridized carbons (Fsp3) is 0.455. The highest BCUT2D eigenvalue weighted by atomic mass is 19.3. The van der Waals surface area contributed by atoms with Crippen LogP contribution >= 0.6 is 0 Å². The van der Waals surface area contributed by atoms with Gasteiger partial charge < -0.3 is 15.8 Å². The summed E-state index contributed by atoms with van der Waals surface area (Å²) in [5.74, 6) is 0.220. The molecule has 90 valence electrons. The highest BCUT2D eigenvalue weighted by molar-refractivity contribution is 5.33. The van der Waals surface area contributed by atoms with Gasteiger partial charge in [-0.25, -0.2) is 0 Å². The number of alkyl halides is 2. The summed E-state index contributed by atoms with van der Waals surface area (Å²) < 4.78 is 28.6. The van der Waals surface area contributed by atoms with E-state index in [1.165, 1.54) is 6.07 Å². The molecule has 3 N–H and O–H groups in total. The number of hydrogen-bond acceptors (Lipinski definition) is 3. The van der Waals surface area contributed by atoms with Crippen molar-refractivity contribution >= 4 is 0 Å². The number of benzene rings is 1. The van der Waals surface area contributed by atoms with Crippen molar-refractivity contribution in [3.05, 3.63) is 29.8 Å². The Morgan fingerprint density at radius 3 is 2.75 bits per heavy atom. The SMILES string of the molecule is NCCCNCc1ccccc1OC(F)F. The second kappa shape index (κ2) is 7.14. The van der Waals surface area contributed by atoms with Crippen molar-refractivity contribution < 1.29 is 13.5 Å². The molecule has 0 aromatic heterocycles. The molecular formula is C11H16F2N2O. The quantitative estimate of drug-likeness (QED) is 0.701. The zero-order valence-corrected chi connectivity index (χ0v) is 8.96. The Morgan fingerprint density at radius 1 is 1.31 bits per heavy atom. The van der Waals surface area contributed by atoms with Crippen LogP contribution in [0.4, 0.5) is 8.78 Å². The Labute approximate surface area is 93.6 Å². The van der Waals surface area contributed by atoms with Crippen LogP contribution in [0, 0.1) is 0 Å². The van der Waals surface area contributed by atoms with Crippen molar-refractivity contribution in [3.8, 4) is 5.75 Å². The number of para-hydroxylation sites is 1. The van der Waals surface area contributed by atoms with E-state index in [4.69, 9.17) is 5.73 Å². The summed E-state index contributed by atoms with van der Waals surface area (Å²) >= 11 is 0. The van der Waals surface area contributed by atoms with E-state index in [1.54, 1.807) is 18.2 Å². The second-order valence-electron chi connectivity index (χ2n) is 3.31. The van der Waals surface area contributed by atoms with Crippen LogP contribution in [0.5, 0.6) is 5.75 Å². The normalized spacial score (nSPS) is 10.8. The fourth-order valence-corrected chi connectivity index (χ4v) is 1.31. The molecule has 3 nitrogen and oxygen atoms in total. The van der Waals surface area contributed by atoms with E-state index in [2.05, 4.69) is 10.1 Å². The first-order chi connectivity index (χ1) is 7.74. The molecule has 0 aliphatic heterocycles. The van der Waals surface area contributed by atoms with Crippen LogP contribution in [0.15, 0.2) is 24.3 Å². The van der Waals surface area contributed by atoms with Crippen molar-refractivity contribution in [1.82, 2.24) is 5.32 Å². The highest BCUT2D eigenvalue weighted by Gasteiger charge is 2.08. The minimum Gasteiger partial charge on any atom is -0.434 e. The van der Waals surface area contributed by atoms with E-state index in [0.717, 1.165) is 18.5 Å². The molecule has 0 aliphatic rings. The first kappa shape index (κ1) is 12.9. The van der Waals surface area contributed by atoms with Gasteiger partial charge in [0.2, 0.25) is 0 Å². The number of nitrogens with one attached hydrogen (secondary N) is 1. The Balaban J connectivity index is 2.50. The third-order valence-electron chi connectivity index (χ3n) is 2.06. The standard InChI is InChI=1S/C11H16F2N2O/c12-11(13)16-10-5-2-1-4-9(10)8-15-7-3-6-14/h1-2,4-5,11,15H,3,6-8,14H2. The van der Waals surface area contributed by atoms with Gasteiger partial charge in [0.05, 0.1) is 0 Å². The van der Waals surface area contributed by atoms with E-state index in [0.29, 0.717) is 13.1 Å². The third kappa shape index (κ3) is 4.55. The van der Waals surface area contributed by atoms with Gasteiger partial charge in [-0.1, -0.05) is 18.2 Å². The van der Waals surface area contributed by atoms with Gasteiger partial charge in [-0.2, -0.15) is 8.78 Å². The van der Waals surface area contributed by atoms with Gasteiger partial charge in [0.1, 0.15) is 5.75 Å². The second-order valence-corrected chi connectivity index (χ2v) is 3.31. The van der Waals surface area contributed by atoms with E-state index in [1.807, 2.05) is 0 Å². The number of nitrogens with two attached hydrogens (primary N) is 1. The lowest BCUT2D eigenvalue weighted by Gasteiger charge is -2.10. The smallest absolute Gasteiger partial charge is 0.387 e. The van der Waals surface area contributed by atoms with Crippen LogP contribution in [0.25, 0.3) is 0 Å². The summed E-state index contributed by atoms with van der Waals surface area (Å²) in [7, 11) is 0. The van der Waals surface area contributed by atoms with Crippen LogP contribution in [0.3, 0.4) is 0 Å². The van der Waals surface area contributed by atoms with E-state index < -0.39 is 6.61 Å². The van der Waals surface area contributed by atoms with E-state index in [-0.39, 0.29) is 5.75 Å². The lowest BCUT2D eigenvalue weighted by atomic mass is 10.2. The Hall–Kier alpha value is -1.20. The molecule has 0 saturated carbocycles. The Kier molecular flexibility index (Phi) is 5.74. The zero-order chi connectivity index (χ0) is 11.8. The molecule has 0 amide bonds. The Morgan fingerprint density at radius 2 is 2.06 bits per heavy atom. The van der Waals surface area contributed by atoms with E-state index in [9.17, 15) is 8.78 Å². The van der Waals surface area contributed by atoms with Crippen molar-refractivity contribution in [3.63, 3.8) is 0 Å². The molecule has 5 heteroatoms. The number of hydrogen-bond donors (Lipinski definition) is 2. The molecule has 0 bridgehead atoms. The zero-order valence-electron chi connectivity index (χ0n) is 8.96. The van der Waals surface area contributed by atoms with Crippen molar-refractivity contribution in [2.24, 2.45) is 5.73 Å². The number of rotatable bonds is 7. The molecule has 16 heavy (non-hydrogen) atoms. The summed E-state index contributed by atoms with van der Waals surface area (Å²) in [6, 6.07) is 6.75. The van der Waals surface area contributed by atoms with E-state index >= 15 is 0 Å². The van der Waals surface area contributed by atoms with Crippen LogP contribution < -0.4 is 15.8 Å². The van der Waals surface area contributed by atoms with Gasteiger partial charge >= 0.3 is 6.61 Å². The number of ether oxygens (including phenoxy) is 1. The van der Waals surface area contributed by atoms with Gasteiger partial charge in [-0.3, -0.25) is 0 Å². The molecule has 0 fully saturated rings. The topological polar surface area (TPSA) is 47.3 Å². The summed E-state index contributed by atoms with van der Waals surface area (Å²) in [4.78, 5) is 0. The molecule has 0 radical (unpaired) electrons. The maximum absolute atomic E-state index is 12.1. The van der Waals surface area contributed by atoms with Crippen LogP contribution in [-0.2, 0) is 6.54 Å². The highest BCUT2D eigenvalue weighted by Crippen LogP contribution is 2.19. The molecule has 1 rings (SSSR count). The van der Waals surface area contributed by atoms with Gasteiger partial charge in [-0.05, 0) is 25.6 Å². The largest absolute Gasteiger partial charge is 0.434 e. The lowest BCUT2D eigenvalue weighted by molar-refractivity contribution is -0.0504. The third-order valence-corrected chi connectivity index (χ3v) is 2.06. The molecule has 0 heterocycles. The maximum Gasteiger partial charge on any atom is 0.387 e. The van der Waals surface area contributed by atoms with Crippen LogP contribution in [0.2, 0.25) is 0 Å². The average molecular weight is 230 g/mol. The van der Waals surface area contributed by atoms with Gasteiger partial charge in [-0.15, -0.1) is 0 Å². The average Bonchev–Trinajstić information content (AvgIpc) is 2.26. The fourth-order valence-electron chi connectivity index (χ4n) is 1.31. The molecule has 1 aromatic rings. The van der Waals surface area contributed by atoms with Gasteiger partial charge in [0, 0.05) is 12.1 Å². The summed E-state index contributed by atoms with van der Waals surface area (Å²) in [6.07, 6.45) is 0.859. The Bertz CT molecular complexity index is 308. The van der Waals surface area contributed by atoms with Gasteiger partial charge in [0.25, 0.3) is 0 Å². The van der Waals surface area contributed by atoms with Crippen LogP contribution in [-0.4, -0.2) is 19.7 Å². The van der Waals surface area contributed by atoms with Crippen molar-refractivity contribution in [2.75, 3.05) is 13.1 Å². The predicted octanol–water partition coefficient (Wildman–Crippen LogP) is 1.73. The molecule has 0 unspecified atom stereocenters. The summed E-state index contributed by atoms with van der Waals surface area (Å²) in [5, 5.41) is 3.11. The lowest BCUT2D eigenvalue weighted by Crippen LogP contribution is -2.18. The molecule has 0 atom stereocenters. The minimum absolute atomic E-state index is 0.220. The summed E-state index contributed by atoms with van der Waals surface area (Å²) in [6.45, 7) is -0.907. The molecule has 0 saturated heterocycles. The molecule has 0 spiro atoms. The summed E-state index contributed by atoms with van der Waals surface area (Å²) in [5.41, 5.74) is 6.06. The molecule has 0 aliphatic carbocycles. The predicted molar refractivity (Wildman–Crippen MR) is 58.5 cm³/mol. The van der Waals surface area contributed by atoms with Crippen LogP contribution in [0.1, 0.15) is 12.0 Å². The first-order valence-corrected chi connectivity index (χ1v) is 5.17. The first-order valence-electron chi connectivity index (χ1n) is 5.17. The number of halogens is 2. The monoisotopic (exact) mass is 230 g/mol. The minimum atomic E-state index is -2.79. The van der Waals surface area contributed by atoms with Crippen molar-refractivity contribution in [1.29, 1.82) is 0 Å². The molecule has 1 aromatic carbocycles. The van der Waals surface area contributed by atoms with Crippen molar-refractivity contribution in [2.45, 2.75) is 19.6 Å². The maximum atomic E-state index is 12.1. The molecular weight excluding hydrogens is 214 g/mol. The van der Waals surface area contributed by atoms with Gasteiger partial charge in [0.15, 0.2) is 0 Å².